The monoisotopic (exact) mass is 489 g/mol. The molecular weight excluding hydrogens is 457 g/mol. The van der Waals surface area contributed by atoms with Crippen LogP contribution in [0.15, 0.2) is 35.6 Å². The lowest BCUT2D eigenvalue weighted by Gasteiger charge is -2.11. The zero-order valence-corrected chi connectivity index (χ0v) is 18.6. The Balaban J connectivity index is 0.00000364. The molecule has 0 saturated carbocycles. The Labute approximate surface area is 179 Å². The van der Waals surface area contributed by atoms with Gasteiger partial charge in [-0.2, -0.15) is 0 Å². The number of hydrogen-bond acceptors (Lipinski definition) is 4. The van der Waals surface area contributed by atoms with E-state index >= 15 is 0 Å². The van der Waals surface area contributed by atoms with E-state index in [1.54, 1.807) is 7.05 Å². The molecule has 2 aromatic heterocycles. The van der Waals surface area contributed by atoms with Crippen molar-refractivity contribution in [3.8, 4) is 0 Å². The summed E-state index contributed by atoms with van der Waals surface area (Å²) in [5.74, 6) is 0.775. The summed E-state index contributed by atoms with van der Waals surface area (Å²) in [5, 5.41) is 6.54. The van der Waals surface area contributed by atoms with Crippen molar-refractivity contribution < 1.29 is 9.47 Å². The third-order valence-electron chi connectivity index (χ3n) is 3.86. The van der Waals surface area contributed by atoms with Crippen molar-refractivity contribution >= 4 is 35.6 Å². The first-order valence-electron chi connectivity index (χ1n) is 9.36. The fraction of sp³-hybridized carbons (Fsp3) is 0.579. The van der Waals surface area contributed by atoms with Gasteiger partial charge in [-0.1, -0.05) is 19.4 Å². The zero-order chi connectivity index (χ0) is 18.5. The average molecular weight is 489 g/mol. The molecule has 0 aromatic carbocycles. The largest absolute Gasteiger partial charge is 0.379 e. The van der Waals surface area contributed by atoms with Gasteiger partial charge in [-0.15, -0.1) is 24.0 Å². The third kappa shape index (κ3) is 9.39. The van der Waals surface area contributed by atoms with Crippen molar-refractivity contribution in [2.24, 2.45) is 4.99 Å². The summed E-state index contributed by atoms with van der Waals surface area (Å²) in [5.41, 5.74) is 2.03. The van der Waals surface area contributed by atoms with Gasteiger partial charge in [-0.25, -0.2) is 4.98 Å². The third-order valence-corrected chi connectivity index (χ3v) is 3.86. The minimum absolute atomic E-state index is 0. The summed E-state index contributed by atoms with van der Waals surface area (Å²) in [6, 6.07) is 6.00. The molecule has 0 spiro atoms. The number of guanidine groups is 1. The number of halogens is 1. The fourth-order valence-electron chi connectivity index (χ4n) is 2.45. The zero-order valence-electron chi connectivity index (χ0n) is 16.3. The highest BCUT2D eigenvalue weighted by Gasteiger charge is 2.02. The summed E-state index contributed by atoms with van der Waals surface area (Å²) in [6.45, 7) is 6.38. The average Bonchev–Trinajstić information content (AvgIpc) is 3.08. The van der Waals surface area contributed by atoms with Crippen LogP contribution in [0.4, 0.5) is 0 Å². The van der Waals surface area contributed by atoms with Gasteiger partial charge in [0.2, 0.25) is 0 Å². The number of fused-ring (bicyclic) bond motifs is 1. The topological polar surface area (TPSA) is 72.2 Å². The first kappa shape index (κ1) is 23.6. The molecule has 152 valence electrons. The van der Waals surface area contributed by atoms with E-state index in [1.807, 2.05) is 28.8 Å². The van der Waals surface area contributed by atoms with Crippen LogP contribution in [0.25, 0.3) is 5.65 Å². The number of aromatic nitrogens is 2. The van der Waals surface area contributed by atoms with Gasteiger partial charge in [0.1, 0.15) is 5.65 Å². The quantitative estimate of drug-likeness (QED) is 0.208. The van der Waals surface area contributed by atoms with E-state index in [0.29, 0.717) is 26.4 Å². The van der Waals surface area contributed by atoms with Crippen LogP contribution in [0.5, 0.6) is 0 Å². The second kappa shape index (κ2) is 14.6. The summed E-state index contributed by atoms with van der Waals surface area (Å²) >= 11 is 0. The highest BCUT2D eigenvalue weighted by molar-refractivity contribution is 14.0. The number of pyridine rings is 1. The van der Waals surface area contributed by atoms with Gasteiger partial charge >= 0.3 is 0 Å². The molecule has 2 rings (SSSR count). The van der Waals surface area contributed by atoms with Crippen molar-refractivity contribution in [2.75, 3.05) is 46.6 Å². The molecule has 2 heterocycles. The molecule has 0 aliphatic rings. The predicted octanol–water partition coefficient (Wildman–Crippen LogP) is 2.49. The maximum atomic E-state index is 5.53. The van der Waals surface area contributed by atoms with Crippen LogP contribution >= 0.6 is 24.0 Å². The summed E-state index contributed by atoms with van der Waals surface area (Å²) in [4.78, 5) is 8.81. The smallest absolute Gasteiger partial charge is 0.191 e. The Morgan fingerprint density at radius 2 is 1.89 bits per heavy atom. The van der Waals surface area contributed by atoms with Crippen LogP contribution in [0.3, 0.4) is 0 Å². The molecule has 0 aliphatic carbocycles. The standard InChI is InChI=1S/C19H31N5O2.HI/c1-3-4-12-25-14-15-26-13-10-22-19(20-2)21-9-8-17-16-24-11-6-5-7-18(24)23-17;/h5-7,11,16H,3-4,8-10,12-15H2,1-2H3,(H2,20,21,22);1H. The molecule has 0 saturated heterocycles. The van der Waals surface area contributed by atoms with E-state index in [-0.39, 0.29) is 24.0 Å². The molecule has 27 heavy (non-hydrogen) atoms. The molecule has 8 heteroatoms. The van der Waals surface area contributed by atoms with E-state index in [1.165, 1.54) is 0 Å². The number of hydrogen-bond donors (Lipinski definition) is 2. The number of aliphatic imine (C=N–C) groups is 1. The molecule has 0 bridgehead atoms. The SMILES string of the molecule is CCCCOCCOCCNC(=NC)NCCc1cn2ccccc2n1.I. The minimum Gasteiger partial charge on any atom is -0.379 e. The Hall–Kier alpha value is -1.39. The highest BCUT2D eigenvalue weighted by atomic mass is 127. The Morgan fingerprint density at radius 1 is 1.11 bits per heavy atom. The lowest BCUT2D eigenvalue weighted by atomic mass is 10.3. The molecule has 2 aromatic rings. The van der Waals surface area contributed by atoms with E-state index in [9.17, 15) is 0 Å². The van der Waals surface area contributed by atoms with Crippen LogP contribution in [0.2, 0.25) is 0 Å². The van der Waals surface area contributed by atoms with Crippen LogP contribution in [0, 0.1) is 0 Å². The Kier molecular flexibility index (Phi) is 12.8. The van der Waals surface area contributed by atoms with Crippen LogP contribution in [-0.4, -0.2) is 61.9 Å². The van der Waals surface area contributed by atoms with E-state index in [2.05, 4.69) is 33.7 Å². The molecule has 7 nitrogen and oxygen atoms in total. The van der Waals surface area contributed by atoms with Gasteiger partial charge < -0.3 is 24.5 Å². The summed E-state index contributed by atoms with van der Waals surface area (Å²) < 4.78 is 13.0. The number of imidazole rings is 1. The predicted molar refractivity (Wildman–Crippen MR) is 120 cm³/mol. The van der Waals surface area contributed by atoms with Crippen LogP contribution in [0.1, 0.15) is 25.5 Å². The number of ether oxygens (including phenoxy) is 2. The molecule has 0 amide bonds. The van der Waals surface area contributed by atoms with E-state index in [0.717, 1.165) is 49.7 Å². The van der Waals surface area contributed by atoms with Crippen LogP contribution < -0.4 is 10.6 Å². The highest BCUT2D eigenvalue weighted by Crippen LogP contribution is 2.04. The maximum Gasteiger partial charge on any atom is 0.191 e. The van der Waals surface area contributed by atoms with Gasteiger partial charge in [0.05, 0.1) is 25.5 Å². The number of nitrogens with one attached hydrogen (secondary N) is 2. The fourth-order valence-corrected chi connectivity index (χ4v) is 2.45. The van der Waals surface area contributed by atoms with Crippen molar-refractivity contribution in [1.82, 2.24) is 20.0 Å². The second-order valence-corrected chi connectivity index (χ2v) is 5.95. The van der Waals surface area contributed by atoms with Crippen LogP contribution in [-0.2, 0) is 15.9 Å². The molecule has 0 fully saturated rings. The summed E-state index contributed by atoms with van der Waals surface area (Å²) in [6.07, 6.45) is 7.18. The van der Waals surface area contributed by atoms with Crippen molar-refractivity contribution in [1.29, 1.82) is 0 Å². The lowest BCUT2D eigenvalue weighted by molar-refractivity contribution is 0.0487. The Morgan fingerprint density at radius 3 is 2.63 bits per heavy atom. The lowest BCUT2D eigenvalue weighted by Crippen LogP contribution is -2.39. The first-order chi connectivity index (χ1) is 12.8. The number of unbranched alkanes of at least 4 members (excludes halogenated alkanes) is 1. The minimum atomic E-state index is 0. The molecule has 2 N–H and O–H groups in total. The molecule has 0 aliphatic heterocycles. The number of rotatable bonds is 12. The first-order valence-corrected chi connectivity index (χ1v) is 9.36. The van der Waals surface area contributed by atoms with E-state index in [4.69, 9.17) is 9.47 Å². The van der Waals surface area contributed by atoms with Gasteiger partial charge in [0.15, 0.2) is 5.96 Å². The molecular formula is C19H32IN5O2. The van der Waals surface area contributed by atoms with Gasteiger partial charge in [0.25, 0.3) is 0 Å². The van der Waals surface area contributed by atoms with Crippen molar-refractivity contribution in [2.45, 2.75) is 26.2 Å². The second-order valence-electron chi connectivity index (χ2n) is 5.95. The Bertz CT molecular complexity index is 629. The normalized spacial score (nSPS) is 11.4. The van der Waals surface area contributed by atoms with Crippen molar-refractivity contribution in [3.05, 3.63) is 36.3 Å². The van der Waals surface area contributed by atoms with Gasteiger partial charge in [-0.05, 0) is 18.6 Å². The molecule has 0 radical (unpaired) electrons. The van der Waals surface area contributed by atoms with Crippen molar-refractivity contribution in [3.63, 3.8) is 0 Å². The summed E-state index contributed by atoms with van der Waals surface area (Å²) in [7, 11) is 1.77. The maximum absolute atomic E-state index is 5.53. The van der Waals surface area contributed by atoms with Gasteiger partial charge in [-0.3, -0.25) is 4.99 Å². The number of nitrogens with zero attached hydrogens (tertiary/aromatic N) is 3. The van der Waals surface area contributed by atoms with E-state index < -0.39 is 0 Å². The molecule has 0 atom stereocenters. The van der Waals surface area contributed by atoms with Gasteiger partial charge in [0, 0.05) is 45.6 Å². The molecule has 0 unspecified atom stereocenters.